The fourth-order valence-electron chi connectivity index (χ4n) is 2.97. The van der Waals surface area contributed by atoms with Crippen molar-refractivity contribution >= 4 is 29.5 Å². The number of rotatable bonds is 13. The van der Waals surface area contributed by atoms with Crippen LogP contribution in [-0.2, 0) is 26.9 Å². The molecule has 0 saturated heterocycles. The Morgan fingerprint density at radius 2 is 1.85 bits per heavy atom. The molecular formula is C24H29F3O4S2. The van der Waals surface area contributed by atoms with Crippen molar-refractivity contribution in [3.8, 4) is 5.75 Å². The number of carbonyl (C=O) groups excluding carboxylic acids is 1. The highest BCUT2D eigenvalue weighted by molar-refractivity contribution is 7.99. The Labute approximate surface area is 201 Å². The first-order valence-corrected chi connectivity index (χ1v) is 12.9. The molecule has 2 rings (SSSR count). The van der Waals surface area contributed by atoms with Gasteiger partial charge in [-0.1, -0.05) is 12.1 Å². The minimum absolute atomic E-state index is 0.0372. The molecule has 0 bridgehead atoms. The average Bonchev–Trinajstić information content (AvgIpc) is 2.78. The summed E-state index contributed by atoms with van der Waals surface area (Å²) in [6.45, 7) is 3.84. The lowest BCUT2D eigenvalue weighted by molar-refractivity contribution is -0.145. The lowest BCUT2D eigenvalue weighted by Crippen LogP contribution is -2.17. The molecule has 2 aromatic carbocycles. The van der Waals surface area contributed by atoms with E-state index in [0.717, 1.165) is 28.2 Å². The Morgan fingerprint density at radius 1 is 1.12 bits per heavy atom. The molecule has 1 atom stereocenters. The minimum atomic E-state index is -4.32. The number of hydrogen-bond donors (Lipinski definition) is 0. The number of alkyl halides is 3. The minimum Gasteiger partial charge on any atom is -0.482 e. The monoisotopic (exact) mass is 502 g/mol. The molecule has 0 aliphatic heterocycles. The summed E-state index contributed by atoms with van der Waals surface area (Å²) < 4.78 is 54.6. The van der Waals surface area contributed by atoms with E-state index in [4.69, 9.17) is 14.2 Å². The predicted octanol–water partition coefficient (Wildman–Crippen LogP) is 6.39. The van der Waals surface area contributed by atoms with Crippen LogP contribution in [0.5, 0.6) is 5.75 Å². The highest BCUT2D eigenvalue weighted by Gasteiger charge is 2.29. The number of thioether (sulfide) groups is 2. The zero-order chi connectivity index (χ0) is 24.3. The smallest absolute Gasteiger partial charge is 0.416 e. The summed E-state index contributed by atoms with van der Waals surface area (Å²) in [4.78, 5) is 12.5. The highest BCUT2D eigenvalue weighted by Crippen LogP contribution is 2.30. The molecule has 0 amide bonds. The molecule has 182 valence electrons. The maximum absolute atomic E-state index is 12.7. The molecule has 1 unspecified atom stereocenters. The second-order valence-electron chi connectivity index (χ2n) is 7.26. The standard InChI is InChI=1S/C24H29F3O4S2/c1-4-29-23(28)14-30-22-12-11-21(13-17(22)2)33-15-20(31-16-32-3)10-7-18-5-8-19(9-6-18)24(25,26)27/h5-6,8-9,11-13,20H,4,7,10,14-16H2,1-3H3. The van der Waals surface area contributed by atoms with Gasteiger partial charge in [-0.3, -0.25) is 0 Å². The summed E-state index contributed by atoms with van der Waals surface area (Å²) in [5.74, 6) is 1.49. The fourth-order valence-corrected chi connectivity index (χ4v) is 4.36. The van der Waals surface area contributed by atoms with Gasteiger partial charge in [0.2, 0.25) is 0 Å². The van der Waals surface area contributed by atoms with Crippen LogP contribution in [0.2, 0.25) is 0 Å². The van der Waals surface area contributed by atoms with Crippen molar-refractivity contribution in [3.63, 3.8) is 0 Å². The number of halogens is 3. The van der Waals surface area contributed by atoms with E-state index >= 15 is 0 Å². The van der Waals surface area contributed by atoms with Crippen LogP contribution in [-0.4, -0.2) is 43.2 Å². The summed E-state index contributed by atoms with van der Waals surface area (Å²) in [6, 6.07) is 11.1. The van der Waals surface area contributed by atoms with Gasteiger partial charge in [-0.2, -0.15) is 13.2 Å². The van der Waals surface area contributed by atoms with Crippen molar-refractivity contribution in [2.24, 2.45) is 0 Å². The Balaban J connectivity index is 1.90. The third kappa shape index (κ3) is 9.90. The van der Waals surface area contributed by atoms with Crippen molar-refractivity contribution in [1.29, 1.82) is 0 Å². The van der Waals surface area contributed by atoms with E-state index in [1.54, 1.807) is 30.4 Å². The largest absolute Gasteiger partial charge is 0.482 e. The van der Waals surface area contributed by atoms with E-state index < -0.39 is 17.7 Å². The maximum Gasteiger partial charge on any atom is 0.416 e. The van der Waals surface area contributed by atoms with Crippen LogP contribution in [0.4, 0.5) is 13.2 Å². The van der Waals surface area contributed by atoms with Gasteiger partial charge in [0.25, 0.3) is 0 Å². The summed E-state index contributed by atoms with van der Waals surface area (Å²) in [5.41, 5.74) is 1.13. The van der Waals surface area contributed by atoms with Crippen molar-refractivity contribution in [1.82, 2.24) is 0 Å². The average molecular weight is 503 g/mol. The van der Waals surface area contributed by atoms with E-state index in [9.17, 15) is 18.0 Å². The molecule has 0 aromatic heterocycles. The fraction of sp³-hybridized carbons (Fsp3) is 0.458. The molecule has 0 N–H and O–H groups in total. The van der Waals surface area contributed by atoms with Crippen LogP contribution in [0.25, 0.3) is 0 Å². The molecule has 0 fully saturated rings. The Kier molecular flexibility index (Phi) is 11.4. The zero-order valence-electron chi connectivity index (χ0n) is 18.9. The first kappa shape index (κ1) is 27.4. The Hall–Kier alpha value is -1.84. The molecule has 4 nitrogen and oxygen atoms in total. The number of aryl methyl sites for hydroxylation is 2. The van der Waals surface area contributed by atoms with Crippen molar-refractivity contribution in [2.75, 3.05) is 31.2 Å². The lowest BCUT2D eigenvalue weighted by Gasteiger charge is -2.18. The van der Waals surface area contributed by atoms with Crippen LogP contribution in [0, 0.1) is 6.92 Å². The van der Waals surface area contributed by atoms with E-state index in [1.807, 2.05) is 31.4 Å². The lowest BCUT2D eigenvalue weighted by atomic mass is 10.1. The third-order valence-electron chi connectivity index (χ3n) is 4.69. The summed E-state index contributed by atoms with van der Waals surface area (Å²) in [5, 5.41) is 0. The van der Waals surface area contributed by atoms with Crippen LogP contribution in [0.1, 0.15) is 30.0 Å². The quantitative estimate of drug-likeness (QED) is 0.180. The highest BCUT2D eigenvalue weighted by atomic mass is 32.2. The number of ether oxygens (including phenoxy) is 3. The predicted molar refractivity (Wildman–Crippen MR) is 127 cm³/mol. The molecule has 0 radical (unpaired) electrons. The van der Waals surface area contributed by atoms with Crippen LogP contribution in [0.3, 0.4) is 0 Å². The van der Waals surface area contributed by atoms with Crippen molar-refractivity contribution in [3.05, 3.63) is 59.2 Å². The first-order chi connectivity index (χ1) is 15.7. The molecule has 9 heteroatoms. The number of hydrogen-bond acceptors (Lipinski definition) is 6. The molecule has 0 aliphatic carbocycles. The van der Waals surface area contributed by atoms with E-state index in [2.05, 4.69) is 0 Å². The second kappa shape index (κ2) is 13.8. The van der Waals surface area contributed by atoms with Crippen molar-refractivity contribution < 1.29 is 32.2 Å². The summed E-state index contributed by atoms with van der Waals surface area (Å²) in [6.07, 6.45) is -1.06. The molecule has 33 heavy (non-hydrogen) atoms. The molecule has 0 heterocycles. The third-order valence-corrected chi connectivity index (χ3v) is 6.19. The van der Waals surface area contributed by atoms with Crippen LogP contribution < -0.4 is 4.74 Å². The van der Waals surface area contributed by atoms with Gasteiger partial charge < -0.3 is 14.2 Å². The molecule has 0 spiro atoms. The van der Waals surface area contributed by atoms with E-state index in [-0.39, 0.29) is 12.7 Å². The van der Waals surface area contributed by atoms with Gasteiger partial charge in [0.15, 0.2) is 6.61 Å². The van der Waals surface area contributed by atoms with Gasteiger partial charge in [-0.25, -0.2) is 4.79 Å². The zero-order valence-corrected chi connectivity index (χ0v) is 20.6. The van der Waals surface area contributed by atoms with Crippen LogP contribution >= 0.6 is 23.5 Å². The number of benzene rings is 2. The summed E-state index contributed by atoms with van der Waals surface area (Å²) in [7, 11) is 0. The Morgan fingerprint density at radius 3 is 2.45 bits per heavy atom. The number of carbonyl (C=O) groups is 1. The van der Waals surface area contributed by atoms with Crippen molar-refractivity contribution in [2.45, 2.75) is 43.9 Å². The normalized spacial score (nSPS) is 12.4. The van der Waals surface area contributed by atoms with Gasteiger partial charge in [0.05, 0.1) is 24.2 Å². The van der Waals surface area contributed by atoms with Gasteiger partial charge in [0.1, 0.15) is 5.75 Å². The Bertz CT molecular complexity index is 873. The van der Waals surface area contributed by atoms with Crippen LogP contribution in [0.15, 0.2) is 47.4 Å². The van der Waals surface area contributed by atoms with E-state index in [0.29, 0.717) is 36.9 Å². The maximum atomic E-state index is 12.7. The second-order valence-corrected chi connectivity index (χ2v) is 9.17. The topological polar surface area (TPSA) is 44.8 Å². The molecule has 0 aliphatic rings. The molecule has 0 saturated carbocycles. The first-order valence-electron chi connectivity index (χ1n) is 10.5. The summed E-state index contributed by atoms with van der Waals surface area (Å²) >= 11 is 3.23. The van der Waals surface area contributed by atoms with Gasteiger partial charge in [-0.15, -0.1) is 23.5 Å². The SMILES string of the molecule is CCOC(=O)COc1ccc(SCC(CCc2ccc(C(F)(F)F)cc2)OCSC)cc1C. The molecular weight excluding hydrogens is 473 g/mol. The van der Waals surface area contributed by atoms with Gasteiger partial charge >= 0.3 is 12.1 Å². The molecule has 2 aromatic rings. The number of esters is 1. The van der Waals surface area contributed by atoms with Gasteiger partial charge in [-0.05, 0) is 74.4 Å². The van der Waals surface area contributed by atoms with E-state index in [1.165, 1.54) is 12.1 Å². The van der Waals surface area contributed by atoms with Gasteiger partial charge in [0, 0.05) is 10.6 Å².